The Morgan fingerprint density at radius 2 is 2.17 bits per heavy atom. The van der Waals surface area contributed by atoms with E-state index in [0.717, 1.165) is 11.3 Å². The molecule has 0 bridgehead atoms. The molecule has 2 N–H and O–H groups in total. The second-order valence-corrected chi connectivity index (χ2v) is 4.09. The fourth-order valence-electron chi connectivity index (χ4n) is 1.61. The van der Waals surface area contributed by atoms with Crippen LogP contribution >= 0.6 is 0 Å². The Kier molecular flexibility index (Phi) is 3.22. The van der Waals surface area contributed by atoms with Crippen molar-refractivity contribution in [3.05, 3.63) is 29.6 Å². The lowest BCUT2D eigenvalue weighted by molar-refractivity contribution is 0.101. The van der Waals surface area contributed by atoms with Crippen LogP contribution in [0.4, 0.5) is 11.4 Å². The normalized spacial score (nSPS) is 10.2. The molecule has 0 spiro atoms. The van der Waals surface area contributed by atoms with Gasteiger partial charge in [0.25, 0.3) is 11.7 Å². The Morgan fingerprint density at radius 3 is 2.78 bits per heavy atom. The molecule has 0 fully saturated rings. The van der Waals surface area contributed by atoms with Crippen molar-refractivity contribution in [2.75, 3.05) is 24.3 Å². The second kappa shape index (κ2) is 4.82. The number of aromatic amines is 1. The quantitative estimate of drug-likeness (QED) is 0.837. The van der Waals surface area contributed by atoms with Crippen LogP contribution in [0, 0.1) is 6.92 Å². The third kappa shape index (κ3) is 2.45. The number of aromatic nitrogens is 4. The van der Waals surface area contributed by atoms with Gasteiger partial charge in [0.15, 0.2) is 0 Å². The number of benzene rings is 1. The molecule has 7 heteroatoms. The highest BCUT2D eigenvalue weighted by molar-refractivity contribution is 6.01. The predicted molar refractivity (Wildman–Crippen MR) is 67.6 cm³/mol. The molecule has 0 aliphatic heterocycles. The number of amides is 1. The maximum Gasteiger partial charge on any atom is 0.297 e. The molecule has 0 saturated heterocycles. The maximum atomic E-state index is 11.7. The van der Waals surface area contributed by atoms with E-state index in [9.17, 15) is 4.79 Å². The van der Waals surface area contributed by atoms with Crippen molar-refractivity contribution in [3.8, 4) is 0 Å². The van der Waals surface area contributed by atoms with Gasteiger partial charge in [-0.25, -0.2) is 0 Å². The van der Waals surface area contributed by atoms with Crippen LogP contribution in [0.3, 0.4) is 0 Å². The minimum atomic E-state index is -0.391. The van der Waals surface area contributed by atoms with Crippen molar-refractivity contribution in [1.29, 1.82) is 0 Å². The number of carbonyl (C=O) groups is 1. The van der Waals surface area contributed by atoms with Crippen LogP contribution < -0.4 is 10.2 Å². The summed E-state index contributed by atoms with van der Waals surface area (Å²) in [6.07, 6.45) is 0. The molecule has 94 valence electrons. The predicted octanol–water partition coefficient (Wildman–Crippen LogP) is 0.826. The van der Waals surface area contributed by atoms with Crippen LogP contribution in [0.2, 0.25) is 0 Å². The van der Waals surface area contributed by atoms with Crippen LogP contribution in [0.15, 0.2) is 18.2 Å². The monoisotopic (exact) mass is 246 g/mol. The number of H-pyrrole nitrogens is 1. The highest BCUT2D eigenvalue weighted by Crippen LogP contribution is 2.22. The standard InChI is InChI=1S/C11H14N6O/c1-7-4-5-8(6-9(7)17(2)3)12-11(18)10-13-15-16-14-10/h4-6H,1-3H3,(H,12,18)(H,13,14,15,16). The average Bonchev–Trinajstić information content (AvgIpc) is 2.85. The van der Waals surface area contributed by atoms with Crippen LogP contribution in [-0.4, -0.2) is 40.6 Å². The van der Waals surface area contributed by atoms with Crippen molar-refractivity contribution in [2.45, 2.75) is 6.92 Å². The highest BCUT2D eigenvalue weighted by atomic mass is 16.2. The molecular weight excluding hydrogens is 232 g/mol. The van der Waals surface area contributed by atoms with Gasteiger partial charge in [-0.05, 0) is 29.8 Å². The first-order chi connectivity index (χ1) is 8.58. The minimum absolute atomic E-state index is 0.0157. The zero-order valence-electron chi connectivity index (χ0n) is 10.4. The number of anilines is 2. The van der Waals surface area contributed by atoms with E-state index in [1.165, 1.54) is 0 Å². The number of hydrogen-bond acceptors (Lipinski definition) is 5. The molecule has 0 unspecified atom stereocenters. The number of hydrogen-bond donors (Lipinski definition) is 2. The first-order valence-electron chi connectivity index (χ1n) is 5.40. The summed E-state index contributed by atoms with van der Waals surface area (Å²) in [7, 11) is 3.90. The molecule has 0 atom stereocenters. The van der Waals surface area contributed by atoms with Gasteiger partial charge in [-0.15, -0.1) is 10.2 Å². The number of aryl methyl sites for hydroxylation is 1. The van der Waals surface area contributed by atoms with Gasteiger partial charge in [0.2, 0.25) is 0 Å². The van der Waals surface area contributed by atoms with Gasteiger partial charge in [0.1, 0.15) is 0 Å². The highest BCUT2D eigenvalue weighted by Gasteiger charge is 2.11. The first-order valence-corrected chi connectivity index (χ1v) is 5.40. The molecule has 2 rings (SSSR count). The summed E-state index contributed by atoms with van der Waals surface area (Å²) < 4.78 is 0. The van der Waals surface area contributed by atoms with Gasteiger partial charge >= 0.3 is 0 Å². The molecular formula is C11H14N6O. The average molecular weight is 246 g/mol. The third-order valence-corrected chi connectivity index (χ3v) is 2.50. The molecule has 18 heavy (non-hydrogen) atoms. The molecule has 2 aromatic rings. The van der Waals surface area contributed by atoms with Crippen LogP contribution in [0.5, 0.6) is 0 Å². The largest absolute Gasteiger partial charge is 0.377 e. The van der Waals surface area contributed by atoms with E-state index >= 15 is 0 Å². The maximum absolute atomic E-state index is 11.7. The second-order valence-electron chi connectivity index (χ2n) is 4.09. The van der Waals surface area contributed by atoms with Crippen LogP contribution in [0.25, 0.3) is 0 Å². The van der Waals surface area contributed by atoms with Gasteiger partial charge in [-0.3, -0.25) is 4.79 Å². The summed E-state index contributed by atoms with van der Waals surface area (Å²) in [5.41, 5.74) is 2.87. The molecule has 1 amide bonds. The smallest absolute Gasteiger partial charge is 0.297 e. The van der Waals surface area contributed by atoms with Crippen molar-refractivity contribution in [1.82, 2.24) is 20.6 Å². The molecule has 0 aliphatic rings. The van der Waals surface area contributed by atoms with Gasteiger partial charge < -0.3 is 10.2 Å². The lowest BCUT2D eigenvalue weighted by Crippen LogP contribution is -2.15. The van der Waals surface area contributed by atoms with E-state index in [0.29, 0.717) is 5.69 Å². The fourth-order valence-corrected chi connectivity index (χ4v) is 1.61. The first kappa shape index (κ1) is 12.0. The van der Waals surface area contributed by atoms with E-state index in [2.05, 4.69) is 25.9 Å². The van der Waals surface area contributed by atoms with E-state index in [-0.39, 0.29) is 5.82 Å². The molecule has 1 heterocycles. The zero-order valence-corrected chi connectivity index (χ0v) is 10.4. The summed E-state index contributed by atoms with van der Waals surface area (Å²) >= 11 is 0. The number of carbonyl (C=O) groups excluding carboxylic acids is 1. The van der Waals surface area contributed by atoms with Crippen LogP contribution in [-0.2, 0) is 0 Å². The Labute approximate surface area is 104 Å². The lowest BCUT2D eigenvalue weighted by Gasteiger charge is -2.16. The molecule has 0 radical (unpaired) electrons. The Balaban J connectivity index is 2.20. The molecule has 7 nitrogen and oxygen atoms in total. The zero-order chi connectivity index (χ0) is 13.1. The van der Waals surface area contributed by atoms with E-state index in [1.54, 1.807) is 0 Å². The van der Waals surface area contributed by atoms with Crippen LogP contribution in [0.1, 0.15) is 16.2 Å². The minimum Gasteiger partial charge on any atom is -0.377 e. The van der Waals surface area contributed by atoms with E-state index in [1.807, 2.05) is 44.1 Å². The lowest BCUT2D eigenvalue weighted by atomic mass is 10.1. The Bertz CT molecular complexity index is 549. The molecule has 1 aromatic heterocycles. The summed E-state index contributed by atoms with van der Waals surface area (Å²) in [6.45, 7) is 2.01. The Morgan fingerprint density at radius 1 is 1.39 bits per heavy atom. The Hall–Kier alpha value is -2.44. The number of nitrogens with zero attached hydrogens (tertiary/aromatic N) is 4. The fraction of sp³-hybridized carbons (Fsp3) is 0.273. The van der Waals surface area contributed by atoms with Crippen molar-refractivity contribution >= 4 is 17.3 Å². The van der Waals surface area contributed by atoms with Gasteiger partial charge in [-0.1, -0.05) is 6.07 Å². The summed E-state index contributed by atoms with van der Waals surface area (Å²) in [6, 6.07) is 5.68. The summed E-state index contributed by atoms with van der Waals surface area (Å²) in [5, 5.41) is 15.5. The summed E-state index contributed by atoms with van der Waals surface area (Å²) in [5.74, 6) is -0.376. The van der Waals surface area contributed by atoms with Crippen molar-refractivity contribution in [3.63, 3.8) is 0 Å². The summed E-state index contributed by atoms with van der Waals surface area (Å²) in [4.78, 5) is 13.7. The van der Waals surface area contributed by atoms with Crippen molar-refractivity contribution in [2.24, 2.45) is 0 Å². The van der Waals surface area contributed by atoms with Crippen molar-refractivity contribution < 1.29 is 4.79 Å². The van der Waals surface area contributed by atoms with Gasteiger partial charge in [0.05, 0.1) is 0 Å². The van der Waals surface area contributed by atoms with Gasteiger partial charge in [0, 0.05) is 25.5 Å². The number of tetrazole rings is 1. The van der Waals surface area contributed by atoms with E-state index in [4.69, 9.17) is 0 Å². The number of rotatable bonds is 3. The topological polar surface area (TPSA) is 86.8 Å². The third-order valence-electron chi connectivity index (χ3n) is 2.50. The van der Waals surface area contributed by atoms with Gasteiger partial charge in [-0.2, -0.15) is 5.21 Å². The molecule has 0 aliphatic carbocycles. The number of nitrogens with one attached hydrogen (secondary N) is 2. The SMILES string of the molecule is Cc1ccc(NC(=O)c2nn[nH]n2)cc1N(C)C. The molecule has 0 saturated carbocycles. The molecule has 1 aromatic carbocycles. The van der Waals surface area contributed by atoms with E-state index < -0.39 is 5.91 Å².